The fourth-order valence-corrected chi connectivity index (χ4v) is 4.47. The molecule has 1 atom stereocenters. The number of nitrogens with zero attached hydrogens (tertiary/aromatic N) is 1. The first kappa shape index (κ1) is 15.1. The molecule has 4 nitrogen and oxygen atoms in total. The van der Waals surface area contributed by atoms with Crippen molar-refractivity contribution in [1.82, 2.24) is 4.31 Å². The predicted molar refractivity (Wildman–Crippen MR) is 75.9 cm³/mol. The Hall–Kier alpha value is -0.330. The predicted octanol–water partition coefficient (Wildman–Crippen LogP) is 2.28. The average molecular weight is 324 g/mol. The molecule has 0 aromatic heterocycles. The second kappa shape index (κ2) is 5.97. The Morgan fingerprint density at radius 2 is 1.95 bits per heavy atom. The van der Waals surface area contributed by atoms with Crippen molar-refractivity contribution in [3.05, 3.63) is 33.8 Å². The van der Waals surface area contributed by atoms with E-state index in [-0.39, 0.29) is 12.3 Å². The summed E-state index contributed by atoms with van der Waals surface area (Å²) < 4.78 is 25.9. The molecule has 0 spiro atoms. The molecule has 106 valence electrons. The van der Waals surface area contributed by atoms with Crippen molar-refractivity contribution in [2.75, 3.05) is 13.1 Å². The summed E-state index contributed by atoms with van der Waals surface area (Å²) in [6.45, 7) is 0.575. The van der Waals surface area contributed by atoms with Crippen LogP contribution in [-0.4, -0.2) is 37.0 Å². The maximum Gasteiger partial charge on any atom is 0.218 e. The van der Waals surface area contributed by atoms with Gasteiger partial charge in [0.05, 0.1) is 11.9 Å². The smallest absolute Gasteiger partial charge is 0.218 e. The Balaban J connectivity index is 2.21. The van der Waals surface area contributed by atoms with E-state index >= 15 is 0 Å². The highest BCUT2D eigenvalue weighted by molar-refractivity contribution is 7.88. The van der Waals surface area contributed by atoms with Crippen LogP contribution in [0.5, 0.6) is 0 Å². The molecule has 1 aliphatic heterocycles. The Morgan fingerprint density at radius 1 is 1.32 bits per heavy atom. The topological polar surface area (TPSA) is 57.6 Å². The first-order valence-electron chi connectivity index (χ1n) is 5.99. The maximum atomic E-state index is 12.3. The van der Waals surface area contributed by atoms with E-state index in [2.05, 4.69) is 0 Å². The van der Waals surface area contributed by atoms with E-state index in [0.717, 1.165) is 0 Å². The normalized spacial score (nSPS) is 21.5. The number of piperidine rings is 1. The van der Waals surface area contributed by atoms with E-state index < -0.39 is 16.1 Å². The van der Waals surface area contributed by atoms with Crippen molar-refractivity contribution in [2.45, 2.75) is 24.7 Å². The molecule has 0 aliphatic carbocycles. The number of rotatable bonds is 3. The summed E-state index contributed by atoms with van der Waals surface area (Å²) in [6.07, 6.45) is 0.709. The van der Waals surface area contributed by atoms with Crippen LogP contribution in [0, 0.1) is 0 Å². The molecule has 1 aromatic carbocycles. The van der Waals surface area contributed by atoms with Gasteiger partial charge in [-0.3, -0.25) is 0 Å². The largest absolute Gasteiger partial charge is 0.392 e. The number of hydrogen-bond donors (Lipinski definition) is 1. The first-order chi connectivity index (χ1) is 8.90. The lowest BCUT2D eigenvalue weighted by atomic mass is 10.1. The van der Waals surface area contributed by atoms with Crippen LogP contribution in [0.3, 0.4) is 0 Å². The minimum atomic E-state index is -3.51. The molecule has 0 unspecified atom stereocenters. The summed E-state index contributed by atoms with van der Waals surface area (Å²) in [5.74, 6) is -0.238. The van der Waals surface area contributed by atoms with Gasteiger partial charge in [-0.25, -0.2) is 8.42 Å². The highest BCUT2D eigenvalue weighted by Gasteiger charge is 2.29. The van der Waals surface area contributed by atoms with Gasteiger partial charge in [0.2, 0.25) is 10.0 Å². The van der Waals surface area contributed by atoms with Gasteiger partial charge in [0.25, 0.3) is 0 Å². The average Bonchev–Trinajstić information content (AvgIpc) is 2.34. The molecule has 1 aromatic rings. The van der Waals surface area contributed by atoms with E-state index in [1.807, 2.05) is 0 Å². The van der Waals surface area contributed by atoms with E-state index in [1.54, 1.807) is 18.2 Å². The second-order valence-corrected chi connectivity index (χ2v) is 7.39. The molecular formula is C12H15Cl2NO3S. The SMILES string of the molecule is O=S(=O)(Cc1c(Cl)cccc1Cl)N1CCC[C@@H](O)C1. The molecule has 19 heavy (non-hydrogen) atoms. The highest BCUT2D eigenvalue weighted by Crippen LogP contribution is 2.28. The van der Waals surface area contributed by atoms with Gasteiger partial charge in [0.1, 0.15) is 0 Å². The minimum Gasteiger partial charge on any atom is -0.392 e. The van der Waals surface area contributed by atoms with Gasteiger partial charge in [-0.1, -0.05) is 29.3 Å². The molecule has 1 aliphatic rings. The fourth-order valence-electron chi connectivity index (χ4n) is 2.12. The van der Waals surface area contributed by atoms with Crippen molar-refractivity contribution < 1.29 is 13.5 Å². The monoisotopic (exact) mass is 323 g/mol. The molecule has 0 radical (unpaired) electrons. The van der Waals surface area contributed by atoms with Crippen LogP contribution in [0.1, 0.15) is 18.4 Å². The Kier molecular flexibility index (Phi) is 4.74. The molecule has 7 heteroatoms. The molecule has 0 amide bonds. The summed E-state index contributed by atoms with van der Waals surface area (Å²) in [5.41, 5.74) is 0.408. The Morgan fingerprint density at radius 3 is 2.53 bits per heavy atom. The lowest BCUT2D eigenvalue weighted by Gasteiger charge is -2.29. The van der Waals surface area contributed by atoms with Gasteiger partial charge in [-0.15, -0.1) is 0 Å². The van der Waals surface area contributed by atoms with Crippen molar-refractivity contribution >= 4 is 33.2 Å². The Labute approximate surface area is 123 Å². The van der Waals surface area contributed by atoms with Gasteiger partial charge >= 0.3 is 0 Å². The summed E-state index contributed by atoms with van der Waals surface area (Å²) >= 11 is 12.0. The Bertz CT molecular complexity index is 542. The van der Waals surface area contributed by atoms with Crippen molar-refractivity contribution in [3.8, 4) is 0 Å². The number of β-amino-alcohol motifs (C(OH)–C–C–N with tert-alkyl or cyclic N) is 1. The lowest BCUT2D eigenvalue weighted by molar-refractivity contribution is 0.108. The van der Waals surface area contributed by atoms with E-state index in [4.69, 9.17) is 23.2 Å². The van der Waals surface area contributed by atoms with Crippen molar-refractivity contribution in [1.29, 1.82) is 0 Å². The van der Waals surface area contributed by atoms with Crippen LogP contribution < -0.4 is 0 Å². The molecule has 1 heterocycles. The fraction of sp³-hybridized carbons (Fsp3) is 0.500. The lowest BCUT2D eigenvalue weighted by Crippen LogP contribution is -2.42. The molecule has 0 bridgehead atoms. The van der Waals surface area contributed by atoms with E-state index in [1.165, 1.54) is 4.31 Å². The molecule has 1 N–H and O–H groups in total. The summed E-state index contributed by atoms with van der Waals surface area (Å²) in [5, 5.41) is 10.2. The number of aliphatic hydroxyl groups excluding tert-OH is 1. The van der Waals surface area contributed by atoms with Crippen LogP contribution in [-0.2, 0) is 15.8 Å². The van der Waals surface area contributed by atoms with Gasteiger partial charge in [0, 0.05) is 28.7 Å². The van der Waals surface area contributed by atoms with Crippen LogP contribution in [0.2, 0.25) is 10.0 Å². The number of sulfonamides is 1. The molecule has 0 saturated carbocycles. The summed E-state index contributed by atoms with van der Waals surface area (Å²) in [4.78, 5) is 0. The van der Waals surface area contributed by atoms with Crippen LogP contribution in [0.4, 0.5) is 0 Å². The third-order valence-corrected chi connectivity index (χ3v) is 5.62. The van der Waals surface area contributed by atoms with Gasteiger partial charge in [-0.05, 0) is 25.0 Å². The standard InChI is InChI=1S/C12H15Cl2NO3S/c13-11-4-1-5-12(14)10(11)8-19(17,18)15-6-2-3-9(16)7-15/h1,4-5,9,16H,2-3,6-8H2/t9-/m1/s1. The van der Waals surface area contributed by atoms with Crippen LogP contribution in [0.15, 0.2) is 18.2 Å². The zero-order valence-corrected chi connectivity index (χ0v) is 12.5. The zero-order chi connectivity index (χ0) is 14.0. The third-order valence-electron chi connectivity index (χ3n) is 3.14. The zero-order valence-electron chi connectivity index (χ0n) is 10.2. The quantitative estimate of drug-likeness (QED) is 0.928. The van der Waals surface area contributed by atoms with E-state index in [9.17, 15) is 13.5 Å². The highest BCUT2D eigenvalue weighted by atomic mass is 35.5. The van der Waals surface area contributed by atoms with Crippen molar-refractivity contribution in [2.24, 2.45) is 0 Å². The molecule has 1 saturated heterocycles. The summed E-state index contributed by atoms with van der Waals surface area (Å²) in [6, 6.07) is 4.90. The van der Waals surface area contributed by atoms with Crippen LogP contribution >= 0.6 is 23.2 Å². The van der Waals surface area contributed by atoms with Gasteiger partial charge < -0.3 is 5.11 Å². The van der Waals surface area contributed by atoms with E-state index in [0.29, 0.717) is 35.0 Å². The number of halogens is 2. The number of benzene rings is 1. The number of aliphatic hydroxyl groups is 1. The molecule has 1 fully saturated rings. The number of hydrogen-bond acceptors (Lipinski definition) is 3. The molecular weight excluding hydrogens is 309 g/mol. The maximum absolute atomic E-state index is 12.3. The first-order valence-corrected chi connectivity index (χ1v) is 8.35. The van der Waals surface area contributed by atoms with Crippen LogP contribution in [0.25, 0.3) is 0 Å². The third kappa shape index (κ3) is 3.61. The van der Waals surface area contributed by atoms with Crippen molar-refractivity contribution in [3.63, 3.8) is 0 Å². The summed E-state index contributed by atoms with van der Waals surface area (Å²) in [7, 11) is -3.51. The second-order valence-electron chi connectivity index (χ2n) is 4.61. The minimum absolute atomic E-state index is 0.143. The van der Waals surface area contributed by atoms with Gasteiger partial charge in [0.15, 0.2) is 0 Å². The molecule has 2 rings (SSSR count). The van der Waals surface area contributed by atoms with Gasteiger partial charge in [-0.2, -0.15) is 4.31 Å².